The van der Waals surface area contributed by atoms with E-state index in [9.17, 15) is 9.59 Å². The van der Waals surface area contributed by atoms with Gasteiger partial charge in [-0.2, -0.15) is 0 Å². The van der Waals surface area contributed by atoms with Crippen molar-refractivity contribution in [2.45, 2.75) is 46.0 Å². The molecule has 20 heavy (non-hydrogen) atoms. The number of Topliss-reactive ketones (excluding diaryl/α,β-unsaturated/α-hetero) is 1. The normalized spacial score (nSPS) is 10.3. The molecular weight excluding hydrogens is 254 g/mol. The van der Waals surface area contributed by atoms with Crippen molar-refractivity contribution in [3.05, 3.63) is 29.3 Å². The maximum Gasteiger partial charge on any atom is 0.310 e. The van der Waals surface area contributed by atoms with E-state index in [1.54, 1.807) is 25.1 Å². The summed E-state index contributed by atoms with van der Waals surface area (Å²) in [5, 5.41) is 0. The lowest BCUT2D eigenvalue weighted by Crippen LogP contribution is -2.09. The van der Waals surface area contributed by atoms with Gasteiger partial charge in [-0.1, -0.05) is 25.8 Å². The Morgan fingerprint density at radius 3 is 2.60 bits per heavy atom. The molecule has 0 atom stereocenters. The van der Waals surface area contributed by atoms with E-state index in [2.05, 4.69) is 6.92 Å². The Morgan fingerprint density at radius 2 is 1.95 bits per heavy atom. The Balaban J connectivity index is 2.75. The third-order valence-corrected chi connectivity index (χ3v) is 3.08. The highest BCUT2D eigenvalue weighted by molar-refractivity contribution is 6.01. The van der Waals surface area contributed by atoms with E-state index < -0.39 is 0 Å². The van der Waals surface area contributed by atoms with Gasteiger partial charge in [0, 0.05) is 17.7 Å². The van der Waals surface area contributed by atoms with Crippen LogP contribution in [0.4, 0.5) is 5.69 Å². The Kier molecular flexibility index (Phi) is 6.77. The van der Waals surface area contributed by atoms with Gasteiger partial charge in [-0.15, -0.1) is 0 Å². The smallest absolute Gasteiger partial charge is 0.310 e. The van der Waals surface area contributed by atoms with E-state index in [-0.39, 0.29) is 18.2 Å². The molecule has 0 aliphatic carbocycles. The maximum atomic E-state index is 12.1. The summed E-state index contributed by atoms with van der Waals surface area (Å²) >= 11 is 0. The van der Waals surface area contributed by atoms with E-state index in [4.69, 9.17) is 10.5 Å². The highest BCUT2D eigenvalue weighted by Crippen LogP contribution is 2.18. The van der Waals surface area contributed by atoms with Crippen molar-refractivity contribution in [1.29, 1.82) is 0 Å². The predicted octanol–water partition coefficient (Wildman–Crippen LogP) is 3.14. The number of benzene rings is 1. The van der Waals surface area contributed by atoms with Crippen molar-refractivity contribution in [3.63, 3.8) is 0 Å². The van der Waals surface area contributed by atoms with Crippen LogP contribution in [0.25, 0.3) is 0 Å². The lowest BCUT2D eigenvalue weighted by Gasteiger charge is -2.08. The topological polar surface area (TPSA) is 69.4 Å². The monoisotopic (exact) mass is 277 g/mol. The van der Waals surface area contributed by atoms with E-state index in [0.717, 1.165) is 24.8 Å². The van der Waals surface area contributed by atoms with Gasteiger partial charge in [-0.25, -0.2) is 0 Å². The Labute approximate surface area is 120 Å². The van der Waals surface area contributed by atoms with Crippen molar-refractivity contribution < 1.29 is 14.3 Å². The van der Waals surface area contributed by atoms with Crippen LogP contribution in [0, 0.1) is 0 Å². The zero-order chi connectivity index (χ0) is 15.0. The van der Waals surface area contributed by atoms with Crippen LogP contribution in [0.5, 0.6) is 0 Å². The fourth-order valence-corrected chi connectivity index (χ4v) is 2.00. The molecule has 4 heteroatoms. The van der Waals surface area contributed by atoms with Gasteiger partial charge in [0.15, 0.2) is 5.78 Å². The third-order valence-electron chi connectivity index (χ3n) is 3.08. The van der Waals surface area contributed by atoms with Crippen molar-refractivity contribution in [1.82, 2.24) is 0 Å². The fraction of sp³-hybridized carbons (Fsp3) is 0.500. The molecule has 0 amide bonds. The van der Waals surface area contributed by atoms with Crippen LogP contribution in [-0.2, 0) is 16.0 Å². The first-order valence-electron chi connectivity index (χ1n) is 7.15. The number of anilines is 1. The number of carbonyl (C=O) groups is 2. The van der Waals surface area contributed by atoms with Gasteiger partial charge in [0.05, 0.1) is 13.0 Å². The zero-order valence-corrected chi connectivity index (χ0v) is 12.3. The second kappa shape index (κ2) is 8.35. The summed E-state index contributed by atoms with van der Waals surface area (Å²) in [6.07, 6.45) is 3.65. The summed E-state index contributed by atoms with van der Waals surface area (Å²) in [7, 11) is 0. The summed E-state index contributed by atoms with van der Waals surface area (Å²) in [6.45, 7) is 4.22. The van der Waals surface area contributed by atoms with Gasteiger partial charge in [0.25, 0.3) is 0 Å². The molecule has 0 fully saturated rings. The molecule has 0 heterocycles. The zero-order valence-electron chi connectivity index (χ0n) is 12.3. The quantitative estimate of drug-likeness (QED) is 0.343. The average Bonchev–Trinajstić information content (AvgIpc) is 2.41. The highest BCUT2D eigenvalue weighted by Gasteiger charge is 2.12. The number of nitrogen functional groups attached to an aromatic ring is 1. The van der Waals surface area contributed by atoms with E-state index in [0.29, 0.717) is 24.3 Å². The lowest BCUT2D eigenvalue weighted by atomic mass is 10.00. The summed E-state index contributed by atoms with van der Waals surface area (Å²) in [5.74, 6) is -0.247. The number of ketones is 1. The van der Waals surface area contributed by atoms with Crippen molar-refractivity contribution in [3.8, 4) is 0 Å². The van der Waals surface area contributed by atoms with Crippen molar-refractivity contribution in [2.75, 3.05) is 12.3 Å². The average molecular weight is 277 g/mol. The predicted molar refractivity (Wildman–Crippen MR) is 79.7 cm³/mol. The molecule has 0 aliphatic rings. The van der Waals surface area contributed by atoms with Crippen molar-refractivity contribution >= 4 is 17.4 Å². The number of esters is 1. The number of ether oxygens (including phenoxy) is 1. The van der Waals surface area contributed by atoms with Crippen LogP contribution < -0.4 is 5.73 Å². The second-order valence-corrected chi connectivity index (χ2v) is 4.78. The first kappa shape index (κ1) is 16.2. The number of hydrogen-bond donors (Lipinski definition) is 1. The standard InChI is InChI=1S/C16H23NO3/c1-3-5-6-7-15(18)13-10-12(8-9-14(13)17)11-16(19)20-4-2/h8-10H,3-7,11,17H2,1-2H3. The van der Waals surface area contributed by atoms with Gasteiger partial charge < -0.3 is 10.5 Å². The van der Waals surface area contributed by atoms with Crippen LogP contribution >= 0.6 is 0 Å². The molecule has 1 aromatic carbocycles. The molecule has 4 nitrogen and oxygen atoms in total. The minimum atomic E-state index is -0.290. The largest absolute Gasteiger partial charge is 0.466 e. The van der Waals surface area contributed by atoms with E-state index in [1.807, 2.05) is 0 Å². The molecule has 0 saturated carbocycles. The molecule has 0 bridgehead atoms. The van der Waals surface area contributed by atoms with Gasteiger partial charge >= 0.3 is 5.97 Å². The first-order chi connectivity index (χ1) is 9.58. The first-order valence-corrected chi connectivity index (χ1v) is 7.15. The number of carbonyl (C=O) groups excluding carboxylic acids is 2. The van der Waals surface area contributed by atoms with Crippen LogP contribution in [0.3, 0.4) is 0 Å². The molecule has 1 rings (SSSR count). The molecular formula is C16H23NO3. The highest BCUT2D eigenvalue weighted by atomic mass is 16.5. The number of nitrogens with two attached hydrogens (primary N) is 1. The van der Waals surface area contributed by atoms with Crippen LogP contribution in [-0.4, -0.2) is 18.4 Å². The van der Waals surface area contributed by atoms with E-state index in [1.165, 1.54) is 0 Å². The van der Waals surface area contributed by atoms with Crippen LogP contribution in [0.1, 0.15) is 55.5 Å². The molecule has 1 aromatic rings. The fourth-order valence-electron chi connectivity index (χ4n) is 2.00. The summed E-state index contributed by atoms with van der Waals surface area (Å²) in [4.78, 5) is 23.6. The minimum Gasteiger partial charge on any atom is -0.466 e. The van der Waals surface area contributed by atoms with Gasteiger partial charge in [-0.05, 0) is 31.0 Å². The molecule has 0 radical (unpaired) electrons. The molecule has 0 unspecified atom stereocenters. The van der Waals surface area contributed by atoms with Crippen molar-refractivity contribution in [2.24, 2.45) is 0 Å². The minimum absolute atomic E-state index is 0.0432. The Morgan fingerprint density at radius 1 is 1.20 bits per heavy atom. The van der Waals surface area contributed by atoms with Crippen LogP contribution in [0.2, 0.25) is 0 Å². The molecule has 110 valence electrons. The molecule has 2 N–H and O–H groups in total. The maximum absolute atomic E-state index is 12.1. The second-order valence-electron chi connectivity index (χ2n) is 4.78. The molecule has 0 spiro atoms. The third kappa shape index (κ3) is 5.03. The Hall–Kier alpha value is -1.84. The molecule has 0 saturated heterocycles. The summed E-state index contributed by atoms with van der Waals surface area (Å²) in [5.41, 5.74) is 7.60. The SMILES string of the molecule is CCCCCC(=O)c1cc(CC(=O)OCC)ccc1N. The van der Waals surface area contributed by atoms with Crippen LogP contribution in [0.15, 0.2) is 18.2 Å². The summed E-state index contributed by atoms with van der Waals surface area (Å²) < 4.78 is 4.90. The lowest BCUT2D eigenvalue weighted by molar-refractivity contribution is -0.142. The van der Waals surface area contributed by atoms with Gasteiger partial charge in [0.1, 0.15) is 0 Å². The number of rotatable bonds is 8. The molecule has 0 aliphatic heterocycles. The van der Waals surface area contributed by atoms with Gasteiger partial charge in [0.2, 0.25) is 0 Å². The van der Waals surface area contributed by atoms with E-state index >= 15 is 0 Å². The summed E-state index contributed by atoms with van der Waals surface area (Å²) in [6, 6.07) is 5.15. The Bertz CT molecular complexity index is 469. The number of unbranched alkanes of at least 4 members (excludes halogenated alkanes) is 2. The number of hydrogen-bond acceptors (Lipinski definition) is 4. The molecule has 0 aromatic heterocycles. The van der Waals surface area contributed by atoms with Gasteiger partial charge in [-0.3, -0.25) is 9.59 Å².